The maximum atomic E-state index is 13.3. The second-order valence-corrected chi connectivity index (χ2v) is 3.86. The molecule has 1 aliphatic rings. The predicted molar refractivity (Wildman–Crippen MR) is 63.3 cm³/mol. The predicted octanol–water partition coefficient (Wildman–Crippen LogP) is 1.51. The number of hydrogen-bond donors (Lipinski definition) is 1. The van der Waals surface area contributed by atoms with Crippen LogP contribution in [-0.2, 0) is 6.61 Å². The number of rotatable bonds is 3. The molecule has 0 unspecified atom stereocenters. The lowest BCUT2D eigenvalue weighted by atomic mass is 10.2. The summed E-state index contributed by atoms with van der Waals surface area (Å²) in [5, 5.41) is 0. The largest absolute Gasteiger partial charge is 0.471 e. The summed E-state index contributed by atoms with van der Waals surface area (Å²) in [6.07, 6.45) is 0.970. The highest BCUT2D eigenvalue weighted by Crippen LogP contribution is 2.32. The molecule has 0 aliphatic carbocycles. The molecule has 19 heavy (non-hydrogen) atoms. The summed E-state index contributed by atoms with van der Waals surface area (Å²) in [6.45, 7) is 0.348. The number of benzene rings is 1. The van der Waals surface area contributed by atoms with Gasteiger partial charge in [-0.3, -0.25) is 0 Å². The Morgan fingerprint density at radius 1 is 1.32 bits per heavy atom. The summed E-state index contributed by atoms with van der Waals surface area (Å²) in [5.74, 6) is 0.451. The fourth-order valence-electron chi connectivity index (χ4n) is 1.65. The van der Waals surface area contributed by atoms with Crippen molar-refractivity contribution >= 4 is 5.95 Å². The highest BCUT2D eigenvalue weighted by atomic mass is 19.1. The molecule has 0 amide bonds. The van der Waals surface area contributed by atoms with Crippen LogP contribution in [0.15, 0.2) is 24.4 Å². The van der Waals surface area contributed by atoms with Gasteiger partial charge in [-0.05, 0) is 17.7 Å². The fourth-order valence-corrected chi connectivity index (χ4v) is 1.65. The third-order valence-corrected chi connectivity index (χ3v) is 2.54. The average molecular weight is 263 g/mol. The van der Waals surface area contributed by atoms with Crippen molar-refractivity contribution in [2.24, 2.45) is 0 Å². The lowest BCUT2D eigenvalue weighted by molar-refractivity contribution is 0.174. The first-order valence-corrected chi connectivity index (χ1v) is 5.52. The molecule has 7 heteroatoms. The van der Waals surface area contributed by atoms with Crippen LogP contribution in [0.2, 0.25) is 0 Å². The molecular formula is C12H10FN3O3. The van der Waals surface area contributed by atoms with Gasteiger partial charge in [0.1, 0.15) is 6.61 Å². The molecule has 0 radical (unpaired) electrons. The van der Waals surface area contributed by atoms with Crippen LogP contribution < -0.4 is 19.9 Å². The number of anilines is 1. The number of fused-ring (bicyclic) bond motifs is 1. The van der Waals surface area contributed by atoms with E-state index in [1.54, 1.807) is 18.2 Å². The molecule has 2 N–H and O–H groups in total. The van der Waals surface area contributed by atoms with Gasteiger partial charge < -0.3 is 19.9 Å². The summed E-state index contributed by atoms with van der Waals surface area (Å²) < 4.78 is 29.0. The number of aromatic nitrogens is 2. The minimum absolute atomic E-state index is 0.0397. The van der Waals surface area contributed by atoms with Gasteiger partial charge in [-0.1, -0.05) is 6.07 Å². The molecule has 0 fully saturated rings. The first kappa shape index (κ1) is 11.5. The monoisotopic (exact) mass is 263 g/mol. The van der Waals surface area contributed by atoms with Gasteiger partial charge in [0.05, 0.1) is 6.20 Å². The van der Waals surface area contributed by atoms with Gasteiger partial charge in [-0.15, -0.1) is 0 Å². The van der Waals surface area contributed by atoms with Crippen LogP contribution in [0, 0.1) is 5.82 Å². The lowest BCUT2D eigenvalue weighted by Gasteiger charge is -2.07. The van der Waals surface area contributed by atoms with Crippen molar-refractivity contribution in [3.05, 3.63) is 35.8 Å². The Morgan fingerprint density at radius 3 is 3.05 bits per heavy atom. The second-order valence-electron chi connectivity index (χ2n) is 3.86. The number of nitrogen functional groups attached to an aromatic ring is 1. The Hall–Kier alpha value is -2.57. The molecule has 0 atom stereocenters. The molecule has 1 aliphatic heterocycles. The Labute approximate surface area is 107 Å². The van der Waals surface area contributed by atoms with E-state index in [0.29, 0.717) is 11.5 Å². The van der Waals surface area contributed by atoms with Crippen LogP contribution >= 0.6 is 0 Å². The lowest BCUT2D eigenvalue weighted by Crippen LogP contribution is -2.03. The minimum Gasteiger partial charge on any atom is -0.471 e. The first-order chi connectivity index (χ1) is 9.22. The van der Waals surface area contributed by atoms with E-state index in [4.69, 9.17) is 19.9 Å². The summed E-state index contributed by atoms with van der Waals surface area (Å²) in [7, 11) is 0. The molecule has 0 bridgehead atoms. The van der Waals surface area contributed by atoms with E-state index in [0.717, 1.165) is 11.8 Å². The SMILES string of the molecule is Nc1ncc(F)c(OCc2ccc3c(c2)OCO3)n1. The van der Waals surface area contributed by atoms with E-state index in [-0.39, 0.29) is 25.2 Å². The van der Waals surface area contributed by atoms with Crippen LogP contribution in [0.1, 0.15) is 5.56 Å². The zero-order valence-electron chi connectivity index (χ0n) is 9.80. The standard InChI is InChI=1S/C12H10FN3O3/c13-8-4-15-12(14)16-11(8)17-5-7-1-2-9-10(3-7)19-6-18-9/h1-4H,5-6H2,(H2,14,15,16). The summed E-state index contributed by atoms with van der Waals surface area (Å²) >= 11 is 0. The highest BCUT2D eigenvalue weighted by Gasteiger charge is 2.14. The molecular weight excluding hydrogens is 253 g/mol. The third kappa shape index (κ3) is 2.35. The summed E-state index contributed by atoms with van der Waals surface area (Å²) in [4.78, 5) is 7.19. The van der Waals surface area contributed by atoms with Crippen LogP contribution in [-0.4, -0.2) is 16.8 Å². The van der Waals surface area contributed by atoms with Crippen molar-refractivity contribution in [1.82, 2.24) is 9.97 Å². The molecule has 2 aromatic rings. The summed E-state index contributed by atoms with van der Waals surface area (Å²) in [5.41, 5.74) is 6.17. The van der Waals surface area contributed by atoms with Gasteiger partial charge in [-0.25, -0.2) is 4.98 Å². The topological polar surface area (TPSA) is 79.5 Å². The Kier molecular flexibility index (Phi) is 2.79. The molecule has 1 aromatic carbocycles. The van der Waals surface area contributed by atoms with Crippen molar-refractivity contribution in [3.63, 3.8) is 0 Å². The molecule has 1 aromatic heterocycles. The van der Waals surface area contributed by atoms with E-state index in [1.807, 2.05) is 0 Å². The summed E-state index contributed by atoms with van der Waals surface area (Å²) in [6, 6.07) is 5.34. The Morgan fingerprint density at radius 2 is 2.16 bits per heavy atom. The third-order valence-electron chi connectivity index (χ3n) is 2.54. The van der Waals surface area contributed by atoms with Crippen molar-refractivity contribution in [2.45, 2.75) is 6.61 Å². The average Bonchev–Trinajstić information content (AvgIpc) is 2.87. The molecule has 0 saturated heterocycles. The molecule has 0 saturated carbocycles. The number of halogens is 1. The molecule has 0 spiro atoms. The maximum absolute atomic E-state index is 13.3. The van der Waals surface area contributed by atoms with E-state index in [9.17, 15) is 4.39 Å². The normalized spacial score (nSPS) is 12.5. The number of ether oxygens (including phenoxy) is 3. The van der Waals surface area contributed by atoms with Crippen molar-refractivity contribution in [3.8, 4) is 17.4 Å². The fraction of sp³-hybridized carbons (Fsp3) is 0.167. The first-order valence-electron chi connectivity index (χ1n) is 5.52. The van der Waals surface area contributed by atoms with E-state index < -0.39 is 5.82 Å². The molecule has 6 nitrogen and oxygen atoms in total. The van der Waals surface area contributed by atoms with Gasteiger partial charge in [0.25, 0.3) is 5.88 Å². The van der Waals surface area contributed by atoms with E-state index in [1.165, 1.54) is 0 Å². The van der Waals surface area contributed by atoms with Gasteiger partial charge >= 0.3 is 0 Å². The molecule has 3 rings (SSSR count). The number of nitrogens with two attached hydrogens (primary N) is 1. The zero-order chi connectivity index (χ0) is 13.2. The van der Waals surface area contributed by atoms with Crippen LogP contribution in [0.25, 0.3) is 0 Å². The Bertz CT molecular complexity index is 621. The van der Waals surface area contributed by atoms with Crippen molar-refractivity contribution in [1.29, 1.82) is 0 Å². The number of hydrogen-bond acceptors (Lipinski definition) is 6. The quantitative estimate of drug-likeness (QED) is 0.904. The zero-order valence-corrected chi connectivity index (χ0v) is 9.80. The van der Waals surface area contributed by atoms with E-state index >= 15 is 0 Å². The van der Waals surface area contributed by atoms with Gasteiger partial charge in [-0.2, -0.15) is 9.37 Å². The van der Waals surface area contributed by atoms with Crippen LogP contribution in [0.4, 0.5) is 10.3 Å². The minimum atomic E-state index is -0.657. The van der Waals surface area contributed by atoms with Crippen LogP contribution in [0.5, 0.6) is 17.4 Å². The second kappa shape index (κ2) is 4.60. The van der Waals surface area contributed by atoms with Gasteiger partial charge in [0.15, 0.2) is 11.5 Å². The highest BCUT2D eigenvalue weighted by molar-refractivity contribution is 5.44. The van der Waals surface area contributed by atoms with Crippen LogP contribution in [0.3, 0.4) is 0 Å². The smallest absolute Gasteiger partial charge is 0.255 e. The molecule has 98 valence electrons. The van der Waals surface area contributed by atoms with Gasteiger partial charge in [0.2, 0.25) is 18.6 Å². The Balaban J connectivity index is 1.74. The van der Waals surface area contributed by atoms with Crippen molar-refractivity contribution < 1.29 is 18.6 Å². The number of nitrogens with zero attached hydrogens (tertiary/aromatic N) is 2. The molecule has 2 heterocycles. The van der Waals surface area contributed by atoms with Gasteiger partial charge in [0, 0.05) is 0 Å². The maximum Gasteiger partial charge on any atom is 0.255 e. The van der Waals surface area contributed by atoms with E-state index in [2.05, 4.69) is 9.97 Å². The van der Waals surface area contributed by atoms with Crippen molar-refractivity contribution in [2.75, 3.05) is 12.5 Å².